The summed E-state index contributed by atoms with van der Waals surface area (Å²) in [4.78, 5) is 0.340. The van der Waals surface area contributed by atoms with Gasteiger partial charge in [-0.05, 0) is 44.0 Å². The van der Waals surface area contributed by atoms with Crippen LogP contribution in [-0.2, 0) is 9.84 Å². The second kappa shape index (κ2) is 6.39. The number of sulfone groups is 1. The van der Waals surface area contributed by atoms with E-state index in [1.165, 1.54) is 0 Å². The SMILES string of the molecule is CCCS(=O)(=O)c1ccc(OCC(C)(N)CC)cc1. The van der Waals surface area contributed by atoms with Crippen molar-refractivity contribution in [2.75, 3.05) is 12.4 Å². The molecule has 19 heavy (non-hydrogen) atoms. The van der Waals surface area contributed by atoms with Crippen molar-refractivity contribution in [1.29, 1.82) is 0 Å². The van der Waals surface area contributed by atoms with E-state index < -0.39 is 9.84 Å². The Kier molecular flexibility index (Phi) is 5.38. The highest BCUT2D eigenvalue weighted by atomic mass is 32.2. The van der Waals surface area contributed by atoms with E-state index in [1.54, 1.807) is 24.3 Å². The van der Waals surface area contributed by atoms with Gasteiger partial charge in [0.25, 0.3) is 0 Å². The molecule has 0 aromatic heterocycles. The highest BCUT2D eigenvalue weighted by Crippen LogP contribution is 2.18. The Hall–Kier alpha value is -1.07. The highest BCUT2D eigenvalue weighted by Gasteiger charge is 2.17. The molecule has 0 heterocycles. The van der Waals surface area contributed by atoms with Crippen LogP contribution in [0.1, 0.15) is 33.6 Å². The molecule has 0 aliphatic heterocycles. The number of hydrogen-bond donors (Lipinski definition) is 1. The van der Waals surface area contributed by atoms with Gasteiger partial charge in [0.05, 0.1) is 10.6 Å². The Balaban J connectivity index is 2.72. The third-order valence-electron chi connectivity index (χ3n) is 3.03. The summed E-state index contributed by atoms with van der Waals surface area (Å²) in [6.07, 6.45) is 1.43. The lowest BCUT2D eigenvalue weighted by Crippen LogP contribution is -2.41. The summed E-state index contributed by atoms with van der Waals surface area (Å²) >= 11 is 0. The van der Waals surface area contributed by atoms with E-state index in [-0.39, 0.29) is 11.3 Å². The van der Waals surface area contributed by atoms with Gasteiger partial charge in [0.15, 0.2) is 9.84 Å². The first kappa shape index (κ1) is 16.0. The molecule has 0 saturated carbocycles. The van der Waals surface area contributed by atoms with Crippen molar-refractivity contribution >= 4 is 9.84 Å². The molecule has 0 aliphatic rings. The summed E-state index contributed by atoms with van der Waals surface area (Å²) < 4.78 is 29.3. The number of hydrogen-bond acceptors (Lipinski definition) is 4. The Morgan fingerprint density at radius 1 is 1.21 bits per heavy atom. The molecule has 1 atom stereocenters. The molecule has 1 aromatic carbocycles. The average Bonchev–Trinajstić information content (AvgIpc) is 2.37. The second-order valence-corrected chi connectivity index (χ2v) is 7.20. The molecule has 1 rings (SSSR count). The summed E-state index contributed by atoms with van der Waals surface area (Å²) in [5.74, 6) is 0.810. The molecule has 5 heteroatoms. The molecular weight excluding hydrogens is 262 g/mol. The van der Waals surface area contributed by atoms with Gasteiger partial charge < -0.3 is 10.5 Å². The number of benzene rings is 1. The molecule has 0 bridgehead atoms. The molecule has 0 amide bonds. The van der Waals surface area contributed by atoms with Crippen molar-refractivity contribution in [1.82, 2.24) is 0 Å². The predicted octanol–water partition coefficient (Wildman–Crippen LogP) is 2.38. The van der Waals surface area contributed by atoms with E-state index in [4.69, 9.17) is 10.5 Å². The molecular formula is C14H23NO3S. The lowest BCUT2D eigenvalue weighted by molar-refractivity contribution is 0.226. The maximum atomic E-state index is 11.8. The van der Waals surface area contributed by atoms with Crippen LogP contribution in [-0.4, -0.2) is 26.3 Å². The van der Waals surface area contributed by atoms with E-state index >= 15 is 0 Å². The smallest absolute Gasteiger partial charge is 0.178 e. The molecule has 108 valence electrons. The van der Waals surface area contributed by atoms with Gasteiger partial charge in [-0.1, -0.05) is 13.8 Å². The second-order valence-electron chi connectivity index (χ2n) is 5.09. The standard InChI is InChI=1S/C14H23NO3S/c1-4-10-19(16,17)13-8-6-12(7-9-13)18-11-14(3,15)5-2/h6-9H,4-5,10-11,15H2,1-3H3. The molecule has 1 unspecified atom stereocenters. The molecule has 0 saturated heterocycles. The van der Waals surface area contributed by atoms with Crippen LogP contribution >= 0.6 is 0 Å². The van der Waals surface area contributed by atoms with Crippen molar-refractivity contribution < 1.29 is 13.2 Å². The van der Waals surface area contributed by atoms with Crippen molar-refractivity contribution in [2.24, 2.45) is 5.73 Å². The summed E-state index contributed by atoms with van der Waals surface area (Å²) in [6, 6.07) is 6.52. The molecule has 4 nitrogen and oxygen atoms in total. The number of rotatable bonds is 7. The van der Waals surface area contributed by atoms with Gasteiger partial charge >= 0.3 is 0 Å². The molecule has 0 aliphatic carbocycles. The molecule has 0 spiro atoms. The average molecular weight is 285 g/mol. The number of ether oxygens (including phenoxy) is 1. The van der Waals surface area contributed by atoms with E-state index in [1.807, 2.05) is 20.8 Å². The third-order valence-corrected chi connectivity index (χ3v) is 4.97. The summed E-state index contributed by atoms with van der Waals surface area (Å²) in [5.41, 5.74) is 5.61. The van der Waals surface area contributed by atoms with Crippen LogP contribution in [0.2, 0.25) is 0 Å². The van der Waals surface area contributed by atoms with Crippen LogP contribution in [0.25, 0.3) is 0 Å². The summed E-state index contributed by atoms with van der Waals surface area (Å²) in [6.45, 7) is 6.18. The zero-order chi connectivity index (χ0) is 14.5. The highest BCUT2D eigenvalue weighted by molar-refractivity contribution is 7.91. The fraction of sp³-hybridized carbons (Fsp3) is 0.571. The monoisotopic (exact) mass is 285 g/mol. The first-order chi connectivity index (χ1) is 8.80. The van der Waals surface area contributed by atoms with E-state index in [2.05, 4.69) is 0 Å². The van der Waals surface area contributed by atoms with Crippen molar-refractivity contribution in [3.05, 3.63) is 24.3 Å². The molecule has 2 N–H and O–H groups in total. The Bertz CT molecular complexity index is 492. The van der Waals surface area contributed by atoms with E-state index in [0.717, 1.165) is 6.42 Å². The van der Waals surface area contributed by atoms with Crippen LogP contribution in [0.3, 0.4) is 0 Å². The van der Waals surface area contributed by atoms with Gasteiger partial charge in [0.2, 0.25) is 0 Å². The minimum absolute atomic E-state index is 0.171. The maximum absolute atomic E-state index is 11.8. The fourth-order valence-corrected chi connectivity index (χ4v) is 2.80. The normalized spacial score (nSPS) is 14.9. The van der Waals surface area contributed by atoms with Crippen LogP contribution in [0.15, 0.2) is 29.2 Å². The largest absolute Gasteiger partial charge is 0.492 e. The van der Waals surface area contributed by atoms with Crippen LogP contribution < -0.4 is 10.5 Å². The molecule has 1 aromatic rings. The predicted molar refractivity (Wildman–Crippen MR) is 77.2 cm³/mol. The van der Waals surface area contributed by atoms with Crippen molar-refractivity contribution in [3.8, 4) is 5.75 Å². The van der Waals surface area contributed by atoms with Gasteiger partial charge in [-0.3, -0.25) is 0 Å². The van der Waals surface area contributed by atoms with Crippen LogP contribution in [0, 0.1) is 0 Å². The third kappa shape index (κ3) is 4.84. The van der Waals surface area contributed by atoms with Crippen molar-refractivity contribution in [3.63, 3.8) is 0 Å². The first-order valence-corrected chi connectivity index (χ1v) is 8.20. The van der Waals surface area contributed by atoms with Gasteiger partial charge in [-0.2, -0.15) is 0 Å². The lowest BCUT2D eigenvalue weighted by Gasteiger charge is -2.22. The number of nitrogens with two attached hydrogens (primary N) is 1. The van der Waals surface area contributed by atoms with E-state index in [9.17, 15) is 8.42 Å². The minimum Gasteiger partial charge on any atom is -0.492 e. The summed E-state index contributed by atoms with van der Waals surface area (Å²) in [7, 11) is -3.16. The molecule has 0 fully saturated rings. The van der Waals surface area contributed by atoms with Crippen LogP contribution in [0.5, 0.6) is 5.75 Å². The zero-order valence-corrected chi connectivity index (χ0v) is 12.7. The fourth-order valence-electron chi connectivity index (χ4n) is 1.48. The first-order valence-electron chi connectivity index (χ1n) is 6.55. The Morgan fingerprint density at radius 3 is 2.26 bits per heavy atom. The minimum atomic E-state index is -3.16. The molecule has 0 radical (unpaired) electrons. The topological polar surface area (TPSA) is 69.4 Å². The van der Waals surface area contributed by atoms with Crippen molar-refractivity contribution in [2.45, 2.75) is 44.0 Å². The Labute approximate surface area is 115 Å². The van der Waals surface area contributed by atoms with Gasteiger partial charge in [0.1, 0.15) is 12.4 Å². The lowest BCUT2D eigenvalue weighted by atomic mass is 10.0. The zero-order valence-electron chi connectivity index (χ0n) is 11.8. The maximum Gasteiger partial charge on any atom is 0.178 e. The Morgan fingerprint density at radius 2 is 1.79 bits per heavy atom. The van der Waals surface area contributed by atoms with Gasteiger partial charge in [-0.25, -0.2) is 8.42 Å². The van der Waals surface area contributed by atoms with E-state index in [0.29, 0.717) is 23.7 Å². The summed E-state index contributed by atoms with van der Waals surface area (Å²) in [5, 5.41) is 0. The van der Waals surface area contributed by atoms with Crippen LogP contribution in [0.4, 0.5) is 0 Å². The quantitative estimate of drug-likeness (QED) is 0.835. The van der Waals surface area contributed by atoms with Gasteiger partial charge in [0, 0.05) is 5.54 Å². The van der Waals surface area contributed by atoms with Gasteiger partial charge in [-0.15, -0.1) is 0 Å².